The second-order valence-electron chi connectivity index (χ2n) is 6.65. The van der Waals surface area contributed by atoms with E-state index in [1.165, 1.54) is 13.2 Å². The number of para-hydroxylation sites is 1. The van der Waals surface area contributed by atoms with Gasteiger partial charge in [0.25, 0.3) is 0 Å². The van der Waals surface area contributed by atoms with E-state index in [-0.39, 0.29) is 11.3 Å². The first kappa shape index (κ1) is 19.7. The maximum atomic E-state index is 13.5. The van der Waals surface area contributed by atoms with Crippen LogP contribution in [0.15, 0.2) is 79.0 Å². The van der Waals surface area contributed by atoms with Gasteiger partial charge in [-0.3, -0.25) is 4.79 Å². The Labute approximate surface area is 178 Å². The van der Waals surface area contributed by atoms with Crippen LogP contribution in [0.25, 0.3) is 10.9 Å². The summed E-state index contributed by atoms with van der Waals surface area (Å²) in [4.78, 5) is 29.5. The quantitative estimate of drug-likeness (QED) is 0.325. The highest BCUT2D eigenvalue weighted by Crippen LogP contribution is 2.30. The van der Waals surface area contributed by atoms with E-state index in [1.54, 1.807) is 42.6 Å². The second-order valence-corrected chi connectivity index (χ2v) is 7.09. The number of hydrogen-bond acceptors (Lipinski definition) is 4. The van der Waals surface area contributed by atoms with Crippen molar-refractivity contribution in [1.29, 1.82) is 0 Å². The molecule has 3 aromatic carbocycles. The molecule has 5 nitrogen and oxygen atoms in total. The van der Waals surface area contributed by atoms with Gasteiger partial charge >= 0.3 is 5.97 Å². The zero-order valence-corrected chi connectivity index (χ0v) is 16.8. The maximum Gasteiger partial charge on any atom is 0.343 e. The van der Waals surface area contributed by atoms with Crippen molar-refractivity contribution in [3.8, 4) is 5.75 Å². The summed E-state index contributed by atoms with van der Waals surface area (Å²) in [6.07, 6.45) is 0.512. The average Bonchev–Trinajstić information content (AvgIpc) is 3.21. The van der Waals surface area contributed by atoms with Crippen LogP contribution in [0.4, 0.5) is 0 Å². The fourth-order valence-corrected chi connectivity index (χ4v) is 3.50. The predicted octanol–water partition coefficient (Wildman–Crippen LogP) is 5.61. The van der Waals surface area contributed by atoms with Crippen LogP contribution in [0.1, 0.15) is 32.4 Å². The molecule has 0 aliphatic carbocycles. The standard InChI is InChI=1S/C24H18ClNO4/c1-29-21-12-11-16(25)13-18(21)24(28)30-23(15-7-3-2-4-8-15)22(27)19-14-26-20-10-6-5-9-17(19)20/h2-14,23,26H,1H3. The number of ether oxygens (including phenoxy) is 2. The van der Waals surface area contributed by atoms with Gasteiger partial charge in [-0.1, -0.05) is 60.1 Å². The molecule has 0 radical (unpaired) electrons. The zero-order chi connectivity index (χ0) is 21.1. The van der Waals surface area contributed by atoms with E-state index in [0.717, 1.165) is 10.9 Å². The molecule has 0 saturated carbocycles. The molecule has 1 N–H and O–H groups in total. The Morgan fingerprint density at radius 2 is 1.67 bits per heavy atom. The fourth-order valence-electron chi connectivity index (χ4n) is 3.33. The zero-order valence-electron chi connectivity index (χ0n) is 16.1. The highest BCUT2D eigenvalue weighted by molar-refractivity contribution is 6.31. The summed E-state index contributed by atoms with van der Waals surface area (Å²) in [6, 6.07) is 21.0. The number of benzene rings is 3. The van der Waals surface area contributed by atoms with Crippen LogP contribution in [0, 0.1) is 0 Å². The summed E-state index contributed by atoms with van der Waals surface area (Å²) < 4.78 is 11.0. The van der Waals surface area contributed by atoms with E-state index in [1.807, 2.05) is 30.3 Å². The average molecular weight is 420 g/mol. The largest absolute Gasteiger partial charge is 0.496 e. The highest BCUT2D eigenvalue weighted by atomic mass is 35.5. The van der Waals surface area contributed by atoms with E-state index in [9.17, 15) is 9.59 Å². The van der Waals surface area contributed by atoms with Gasteiger partial charge in [0.1, 0.15) is 11.3 Å². The Morgan fingerprint density at radius 1 is 0.933 bits per heavy atom. The van der Waals surface area contributed by atoms with Gasteiger partial charge in [0, 0.05) is 33.2 Å². The Balaban J connectivity index is 1.74. The number of nitrogens with one attached hydrogen (secondary N) is 1. The van der Waals surface area contributed by atoms with Crippen LogP contribution in [0.3, 0.4) is 0 Å². The van der Waals surface area contributed by atoms with Gasteiger partial charge in [0.05, 0.1) is 7.11 Å². The first-order chi connectivity index (χ1) is 14.6. The number of fused-ring (bicyclic) bond motifs is 1. The predicted molar refractivity (Wildman–Crippen MR) is 115 cm³/mol. The molecule has 0 aliphatic heterocycles. The van der Waals surface area contributed by atoms with Gasteiger partial charge < -0.3 is 14.5 Å². The highest BCUT2D eigenvalue weighted by Gasteiger charge is 2.29. The van der Waals surface area contributed by atoms with Crippen LogP contribution in [-0.4, -0.2) is 23.8 Å². The molecule has 1 aromatic heterocycles. The van der Waals surface area contributed by atoms with Crippen molar-refractivity contribution in [2.24, 2.45) is 0 Å². The molecule has 0 fully saturated rings. The number of H-pyrrole nitrogens is 1. The molecule has 4 aromatic rings. The van der Waals surface area contributed by atoms with Gasteiger partial charge in [0.15, 0.2) is 6.10 Å². The topological polar surface area (TPSA) is 68.4 Å². The normalized spacial score (nSPS) is 11.8. The lowest BCUT2D eigenvalue weighted by molar-refractivity contribution is 0.0277. The molecular weight excluding hydrogens is 402 g/mol. The number of aromatic amines is 1. The molecule has 30 heavy (non-hydrogen) atoms. The van der Waals surface area contributed by atoms with Crippen molar-refractivity contribution in [2.45, 2.75) is 6.10 Å². The number of ketones is 1. The van der Waals surface area contributed by atoms with Crippen molar-refractivity contribution in [3.05, 3.63) is 101 Å². The van der Waals surface area contributed by atoms with Gasteiger partial charge in [0.2, 0.25) is 5.78 Å². The molecule has 0 saturated heterocycles. The van der Waals surface area contributed by atoms with Crippen molar-refractivity contribution in [3.63, 3.8) is 0 Å². The molecule has 4 rings (SSSR count). The number of carbonyl (C=O) groups excluding carboxylic acids is 2. The number of carbonyl (C=O) groups is 2. The summed E-state index contributed by atoms with van der Waals surface area (Å²) in [5.74, 6) is -0.708. The molecular formula is C24H18ClNO4. The number of rotatable bonds is 6. The van der Waals surface area contributed by atoms with E-state index in [2.05, 4.69) is 4.98 Å². The monoisotopic (exact) mass is 419 g/mol. The number of methoxy groups -OCH3 is 1. The second kappa shape index (κ2) is 8.43. The van der Waals surface area contributed by atoms with Gasteiger partial charge in [-0.15, -0.1) is 0 Å². The van der Waals surface area contributed by atoms with Crippen LogP contribution >= 0.6 is 11.6 Å². The lowest BCUT2D eigenvalue weighted by Crippen LogP contribution is -2.20. The summed E-state index contributed by atoms with van der Waals surface area (Å²) in [5.41, 5.74) is 2.00. The number of Topliss-reactive ketones (excluding diaryl/α,β-unsaturated/α-hetero) is 1. The molecule has 0 amide bonds. The lowest BCUT2D eigenvalue weighted by atomic mass is 9.99. The summed E-state index contributed by atoms with van der Waals surface area (Å²) in [6.45, 7) is 0. The molecule has 150 valence electrons. The van der Waals surface area contributed by atoms with E-state index >= 15 is 0 Å². The molecule has 1 unspecified atom stereocenters. The van der Waals surface area contributed by atoms with Gasteiger partial charge in [-0.05, 0) is 24.3 Å². The third-order valence-electron chi connectivity index (χ3n) is 4.80. The Bertz CT molecular complexity index is 1220. The summed E-state index contributed by atoms with van der Waals surface area (Å²) >= 11 is 6.05. The number of esters is 1. The first-order valence-corrected chi connectivity index (χ1v) is 9.66. The smallest absolute Gasteiger partial charge is 0.343 e. The number of hydrogen-bond donors (Lipinski definition) is 1. The van der Waals surface area contributed by atoms with Crippen LogP contribution in [0.2, 0.25) is 5.02 Å². The minimum atomic E-state index is -1.12. The minimum Gasteiger partial charge on any atom is -0.496 e. The third kappa shape index (κ3) is 3.80. The molecule has 1 heterocycles. The summed E-state index contributed by atoms with van der Waals surface area (Å²) in [7, 11) is 1.45. The Kier molecular flexibility index (Phi) is 5.55. The number of halogens is 1. The van der Waals surface area contributed by atoms with E-state index in [4.69, 9.17) is 21.1 Å². The third-order valence-corrected chi connectivity index (χ3v) is 5.04. The SMILES string of the molecule is COc1ccc(Cl)cc1C(=O)OC(C(=O)c1c[nH]c2ccccc12)c1ccccc1. The van der Waals surface area contributed by atoms with Gasteiger partial charge in [-0.25, -0.2) is 4.79 Å². The Morgan fingerprint density at radius 3 is 2.43 bits per heavy atom. The minimum absolute atomic E-state index is 0.151. The van der Waals surface area contributed by atoms with Crippen LogP contribution < -0.4 is 4.74 Å². The molecule has 1 atom stereocenters. The molecule has 0 bridgehead atoms. The van der Waals surface area contributed by atoms with Crippen LogP contribution in [0.5, 0.6) is 5.75 Å². The Hall–Kier alpha value is -3.57. The van der Waals surface area contributed by atoms with E-state index in [0.29, 0.717) is 21.9 Å². The van der Waals surface area contributed by atoms with E-state index < -0.39 is 12.1 Å². The molecule has 6 heteroatoms. The molecule has 0 spiro atoms. The molecule has 0 aliphatic rings. The van der Waals surface area contributed by atoms with Crippen molar-refractivity contribution < 1.29 is 19.1 Å². The number of aromatic nitrogens is 1. The first-order valence-electron chi connectivity index (χ1n) is 9.28. The van der Waals surface area contributed by atoms with Crippen molar-refractivity contribution in [1.82, 2.24) is 4.98 Å². The fraction of sp³-hybridized carbons (Fsp3) is 0.0833. The van der Waals surface area contributed by atoms with Gasteiger partial charge in [-0.2, -0.15) is 0 Å². The van der Waals surface area contributed by atoms with Crippen LogP contribution in [-0.2, 0) is 4.74 Å². The lowest BCUT2D eigenvalue weighted by Gasteiger charge is -2.18. The maximum absolute atomic E-state index is 13.5. The summed E-state index contributed by atoms with van der Waals surface area (Å²) in [5, 5.41) is 1.13. The van der Waals surface area contributed by atoms with Crippen molar-refractivity contribution in [2.75, 3.05) is 7.11 Å². The van der Waals surface area contributed by atoms with Crippen molar-refractivity contribution >= 4 is 34.3 Å².